The van der Waals surface area contributed by atoms with E-state index in [0.717, 1.165) is 22.6 Å². The highest BCUT2D eigenvalue weighted by Gasteiger charge is 2.14. The van der Waals surface area contributed by atoms with E-state index >= 15 is 0 Å². The van der Waals surface area contributed by atoms with Gasteiger partial charge in [0.15, 0.2) is 0 Å². The Labute approximate surface area is 155 Å². The Bertz CT molecular complexity index is 787. The summed E-state index contributed by atoms with van der Waals surface area (Å²) < 4.78 is 5.33. The molecule has 2 amide bonds. The van der Waals surface area contributed by atoms with Crippen LogP contribution in [0.25, 0.3) is 0 Å². The van der Waals surface area contributed by atoms with Gasteiger partial charge < -0.3 is 15.0 Å². The summed E-state index contributed by atoms with van der Waals surface area (Å²) in [6.07, 6.45) is 0.238. The predicted molar refractivity (Wildman–Crippen MR) is 103 cm³/mol. The molecule has 0 aliphatic heterocycles. The Morgan fingerprint density at radius 1 is 1.08 bits per heavy atom. The summed E-state index contributed by atoms with van der Waals surface area (Å²) in [5.41, 5.74) is 4.00. The third-order valence-electron chi connectivity index (χ3n) is 4.40. The number of nitrogens with zero attached hydrogens (tertiary/aromatic N) is 1. The van der Waals surface area contributed by atoms with Crippen LogP contribution in [0.2, 0.25) is 0 Å². The summed E-state index contributed by atoms with van der Waals surface area (Å²) in [6, 6.07) is 13.4. The van der Waals surface area contributed by atoms with E-state index in [0.29, 0.717) is 13.1 Å². The number of para-hydroxylation sites is 1. The SMILES string of the molecule is COc1ccccc1CN(CCC(=O)Nc1ccc(C)c(C)c1)C(C)=O. The average Bonchev–Trinajstić information content (AvgIpc) is 2.61. The number of hydrogen-bond donors (Lipinski definition) is 1. The smallest absolute Gasteiger partial charge is 0.226 e. The van der Waals surface area contributed by atoms with Crippen LogP contribution >= 0.6 is 0 Å². The molecule has 2 aromatic carbocycles. The van der Waals surface area contributed by atoms with Gasteiger partial charge in [-0.1, -0.05) is 24.3 Å². The Kier molecular flexibility index (Phi) is 6.78. The minimum atomic E-state index is -0.112. The lowest BCUT2D eigenvalue weighted by atomic mass is 10.1. The molecule has 1 N–H and O–H groups in total. The fourth-order valence-corrected chi connectivity index (χ4v) is 2.67. The van der Waals surface area contributed by atoms with E-state index in [2.05, 4.69) is 5.32 Å². The number of carbonyl (C=O) groups is 2. The lowest BCUT2D eigenvalue weighted by molar-refractivity contribution is -0.129. The highest BCUT2D eigenvalue weighted by Crippen LogP contribution is 2.19. The predicted octanol–water partition coefficient (Wildman–Crippen LogP) is 3.69. The minimum Gasteiger partial charge on any atom is -0.496 e. The van der Waals surface area contributed by atoms with E-state index in [4.69, 9.17) is 4.74 Å². The maximum absolute atomic E-state index is 12.2. The first kappa shape index (κ1) is 19.5. The van der Waals surface area contributed by atoms with Crippen molar-refractivity contribution in [3.05, 3.63) is 59.2 Å². The molecule has 0 aliphatic carbocycles. The number of aryl methyl sites for hydroxylation is 2. The quantitative estimate of drug-likeness (QED) is 0.825. The molecule has 0 spiro atoms. The number of benzene rings is 2. The summed E-state index contributed by atoms with van der Waals surface area (Å²) in [6.45, 7) is 6.32. The van der Waals surface area contributed by atoms with Gasteiger partial charge >= 0.3 is 0 Å². The molecule has 0 fully saturated rings. The van der Waals surface area contributed by atoms with Gasteiger partial charge in [0.05, 0.1) is 7.11 Å². The molecule has 138 valence electrons. The van der Waals surface area contributed by atoms with Gasteiger partial charge in [-0.25, -0.2) is 0 Å². The normalized spacial score (nSPS) is 10.3. The lowest BCUT2D eigenvalue weighted by Gasteiger charge is -2.22. The highest BCUT2D eigenvalue weighted by atomic mass is 16.5. The van der Waals surface area contributed by atoms with Crippen molar-refractivity contribution in [2.24, 2.45) is 0 Å². The van der Waals surface area contributed by atoms with Crippen LogP contribution in [0, 0.1) is 13.8 Å². The van der Waals surface area contributed by atoms with Crippen molar-refractivity contribution in [3.8, 4) is 5.75 Å². The number of ether oxygens (including phenoxy) is 1. The molecular formula is C21H26N2O3. The van der Waals surface area contributed by atoms with Crippen molar-refractivity contribution in [3.63, 3.8) is 0 Å². The number of anilines is 1. The van der Waals surface area contributed by atoms with Crippen LogP contribution in [0.5, 0.6) is 5.75 Å². The van der Waals surface area contributed by atoms with Crippen LogP contribution in [-0.4, -0.2) is 30.4 Å². The Morgan fingerprint density at radius 2 is 1.81 bits per heavy atom. The van der Waals surface area contributed by atoms with Crippen LogP contribution in [0.3, 0.4) is 0 Å². The average molecular weight is 354 g/mol. The van der Waals surface area contributed by atoms with Gasteiger partial charge in [-0.05, 0) is 43.2 Å². The van der Waals surface area contributed by atoms with Gasteiger partial charge in [-0.15, -0.1) is 0 Å². The molecule has 0 saturated carbocycles. The molecule has 2 aromatic rings. The van der Waals surface area contributed by atoms with Crippen LogP contribution in [0.1, 0.15) is 30.0 Å². The second-order valence-corrected chi connectivity index (χ2v) is 6.35. The number of hydrogen-bond acceptors (Lipinski definition) is 3. The summed E-state index contributed by atoms with van der Waals surface area (Å²) in [5.74, 6) is 0.549. The molecule has 0 aliphatic rings. The second kappa shape index (κ2) is 9.04. The zero-order chi connectivity index (χ0) is 19.1. The molecule has 26 heavy (non-hydrogen) atoms. The second-order valence-electron chi connectivity index (χ2n) is 6.35. The van der Waals surface area contributed by atoms with Gasteiger partial charge in [0.25, 0.3) is 0 Å². The van der Waals surface area contributed by atoms with E-state index in [1.165, 1.54) is 12.5 Å². The largest absolute Gasteiger partial charge is 0.496 e. The van der Waals surface area contributed by atoms with Crippen LogP contribution in [0.4, 0.5) is 5.69 Å². The highest BCUT2D eigenvalue weighted by molar-refractivity contribution is 5.91. The van der Waals surface area contributed by atoms with Gasteiger partial charge in [0.1, 0.15) is 5.75 Å². The first-order valence-electron chi connectivity index (χ1n) is 8.65. The molecule has 5 heteroatoms. The van der Waals surface area contributed by atoms with Crippen molar-refractivity contribution in [2.75, 3.05) is 19.0 Å². The first-order chi connectivity index (χ1) is 12.4. The van der Waals surface area contributed by atoms with Crippen molar-refractivity contribution in [1.29, 1.82) is 0 Å². The minimum absolute atomic E-state index is 0.0742. The molecule has 0 atom stereocenters. The molecule has 0 radical (unpaired) electrons. The van der Waals surface area contributed by atoms with Crippen molar-refractivity contribution in [2.45, 2.75) is 33.7 Å². The van der Waals surface area contributed by atoms with Gasteiger partial charge in [-0.3, -0.25) is 9.59 Å². The molecule has 0 heterocycles. The molecule has 2 rings (SSSR count). The zero-order valence-electron chi connectivity index (χ0n) is 15.8. The lowest BCUT2D eigenvalue weighted by Crippen LogP contribution is -2.31. The monoisotopic (exact) mass is 354 g/mol. The number of rotatable bonds is 7. The fourth-order valence-electron chi connectivity index (χ4n) is 2.67. The number of carbonyl (C=O) groups excluding carboxylic acids is 2. The summed E-state index contributed by atoms with van der Waals surface area (Å²) in [7, 11) is 1.61. The molecule has 0 bridgehead atoms. The van der Waals surface area contributed by atoms with E-state index in [-0.39, 0.29) is 18.2 Å². The molecule has 5 nitrogen and oxygen atoms in total. The van der Waals surface area contributed by atoms with Crippen molar-refractivity contribution >= 4 is 17.5 Å². The summed E-state index contributed by atoms with van der Waals surface area (Å²) >= 11 is 0. The number of nitrogens with one attached hydrogen (secondary N) is 1. The van der Waals surface area contributed by atoms with Crippen LogP contribution in [-0.2, 0) is 16.1 Å². The number of amides is 2. The van der Waals surface area contributed by atoms with Crippen LogP contribution < -0.4 is 10.1 Å². The summed E-state index contributed by atoms with van der Waals surface area (Å²) in [5, 5.41) is 2.89. The van der Waals surface area contributed by atoms with E-state index < -0.39 is 0 Å². The third kappa shape index (κ3) is 5.34. The molecular weight excluding hydrogens is 328 g/mol. The van der Waals surface area contributed by atoms with E-state index in [1.54, 1.807) is 12.0 Å². The topological polar surface area (TPSA) is 58.6 Å². The molecule has 0 unspecified atom stereocenters. The molecule has 0 saturated heterocycles. The Morgan fingerprint density at radius 3 is 2.46 bits per heavy atom. The van der Waals surface area contributed by atoms with Crippen molar-refractivity contribution in [1.82, 2.24) is 4.90 Å². The van der Waals surface area contributed by atoms with Crippen molar-refractivity contribution < 1.29 is 14.3 Å². The Balaban J connectivity index is 1.96. The standard InChI is InChI=1S/C21H26N2O3/c1-15-9-10-19(13-16(15)2)22-21(25)11-12-23(17(3)24)14-18-7-5-6-8-20(18)26-4/h5-10,13H,11-12,14H2,1-4H3,(H,22,25). The van der Waals surface area contributed by atoms with E-state index in [9.17, 15) is 9.59 Å². The van der Waals surface area contributed by atoms with Gasteiger partial charge in [0, 0.05) is 37.7 Å². The molecule has 0 aromatic heterocycles. The maximum atomic E-state index is 12.2. The van der Waals surface area contributed by atoms with Crippen LogP contribution in [0.15, 0.2) is 42.5 Å². The Hall–Kier alpha value is -2.82. The first-order valence-corrected chi connectivity index (χ1v) is 8.65. The third-order valence-corrected chi connectivity index (χ3v) is 4.40. The fraction of sp³-hybridized carbons (Fsp3) is 0.333. The van der Waals surface area contributed by atoms with Gasteiger partial charge in [0.2, 0.25) is 11.8 Å². The van der Waals surface area contributed by atoms with E-state index in [1.807, 2.05) is 56.3 Å². The zero-order valence-corrected chi connectivity index (χ0v) is 15.8. The summed E-state index contributed by atoms with van der Waals surface area (Å²) in [4.78, 5) is 25.8. The van der Waals surface area contributed by atoms with Gasteiger partial charge in [-0.2, -0.15) is 0 Å². The maximum Gasteiger partial charge on any atom is 0.226 e. The number of methoxy groups -OCH3 is 1.